The van der Waals surface area contributed by atoms with E-state index in [9.17, 15) is 9.59 Å². The Morgan fingerprint density at radius 3 is 2.04 bits per heavy atom. The van der Waals surface area contributed by atoms with Crippen molar-refractivity contribution in [3.05, 3.63) is 29.8 Å². The fourth-order valence-corrected chi connectivity index (χ4v) is 2.84. The topological polar surface area (TPSA) is 61.9 Å². The minimum Gasteiger partial charge on any atom is -0.444 e. The molecule has 28 heavy (non-hydrogen) atoms. The van der Waals surface area contributed by atoms with E-state index >= 15 is 0 Å². The molecule has 2 rings (SSSR count). The summed E-state index contributed by atoms with van der Waals surface area (Å²) in [5, 5.41) is 2.95. The lowest BCUT2D eigenvalue weighted by Crippen LogP contribution is -2.50. The molecule has 1 aliphatic rings. The maximum absolute atomic E-state index is 12.1. The van der Waals surface area contributed by atoms with Gasteiger partial charge in [-0.1, -0.05) is 32.9 Å². The summed E-state index contributed by atoms with van der Waals surface area (Å²) in [6.45, 7) is 15.5. The van der Waals surface area contributed by atoms with Crippen molar-refractivity contribution < 1.29 is 14.3 Å². The molecule has 0 aromatic heterocycles. The second-order valence-electron chi connectivity index (χ2n) is 9.46. The van der Waals surface area contributed by atoms with Gasteiger partial charge in [-0.2, -0.15) is 0 Å². The van der Waals surface area contributed by atoms with Crippen LogP contribution in [0.2, 0.25) is 0 Å². The number of carbonyl (C=O) groups excluding carboxylic acids is 2. The first-order valence-electron chi connectivity index (χ1n) is 10.0. The molecule has 6 heteroatoms. The predicted molar refractivity (Wildman–Crippen MR) is 112 cm³/mol. The van der Waals surface area contributed by atoms with Gasteiger partial charge in [0.1, 0.15) is 5.60 Å². The van der Waals surface area contributed by atoms with Gasteiger partial charge < -0.3 is 15.0 Å². The highest BCUT2D eigenvalue weighted by Gasteiger charge is 2.25. The number of nitrogens with one attached hydrogen (secondary N) is 1. The molecule has 1 fully saturated rings. The van der Waals surface area contributed by atoms with E-state index in [4.69, 9.17) is 4.74 Å². The Kier molecular flexibility index (Phi) is 7.10. The van der Waals surface area contributed by atoms with Crippen LogP contribution in [0.25, 0.3) is 0 Å². The highest BCUT2D eigenvalue weighted by Crippen LogP contribution is 2.18. The van der Waals surface area contributed by atoms with Crippen molar-refractivity contribution in [3.8, 4) is 0 Å². The van der Waals surface area contributed by atoms with E-state index in [0.29, 0.717) is 13.1 Å². The van der Waals surface area contributed by atoms with Crippen molar-refractivity contribution in [1.82, 2.24) is 9.80 Å². The summed E-state index contributed by atoms with van der Waals surface area (Å²) in [5.74, 6) is 0.0168. The molecule has 6 nitrogen and oxygen atoms in total. The molecule has 1 aliphatic heterocycles. The Morgan fingerprint density at radius 2 is 1.54 bits per heavy atom. The van der Waals surface area contributed by atoms with E-state index < -0.39 is 11.0 Å². The van der Waals surface area contributed by atoms with Gasteiger partial charge in [-0.3, -0.25) is 9.69 Å². The molecule has 0 saturated carbocycles. The second-order valence-corrected chi connectivity index (χ2v) is 9.46. The molecule has 1 N–H and O–H groups in total. The van der Waals surface area contributed by atoms with E-state index in [2.05, 4.69) is 22.3 Å². The normalized spacial score (nSPS) is 16.0. The number of benzene rings is 1. The van der Waals surface area contributed by atoms with Crippen LogP contribution in [-0.4, -0.2) is 60.1 Å². The van der Waals surface area contributed by atoms with Crippen molar-refractivity contribution in [2.75, 3.05) is 38.0 Å². The summed E-state index contributed by atoms with van der Waals surface area (Å²) in [5.41, 5.74) is 1.21. The molecule has 2 amide bonds. The molecule has 156 valence electrons. The van der Waals surface area contributed by atoms with E-state index in [0.717, 1.165) is 31.7 Å². The van der Waals surface area contributed by atoms with Gasteiger partial charge in [-0.25, -0.2) is 4.79 Å². The molecule has 0 aliphatic carbocycles. The Hall–Kier alpha value is -2.08. The van der Waals surface area contributed by atoms with E-state index in [-0.39, 0.29) is 12.0 Å². The molecule has 1 aromatic rings. The van der Waals surface area contributed by atoms with E-state index in [1.807, 2.05) is 53.7 Å². The van der Waals surface area contributed by atoms with Crippen LogP contribution < -0.4 is 5.32 Å². The Morgan fingerprint density at radius 1 is 0.964 bits per heavy atom. The van der Waals surface area contributed by atoms with E-state index in [1.165, 1.54) is 5.56 Å². The molecular weight excluding hydrogens is 354 g/mol. The lowest BCUT2D eigenvalue weighted by atomic mass is 9.95. The highest BCUT2D eigenvalue weighted by atomic mass is 16.6. The fourth-order valence-electron chi connectivity index (χ4n) is 2.84. The second kappa shape index (κ2) is 8.95. The average Bonchev–Trinajstić information content (AvgIpc) is 2.59. The third kappa shape index (κ3) is 7.15. The number of hydrogen-bond donors (Lipinski definition) is 1. The number of rotatable bonds is 4. The number of hydrogen-bond acceptors (Lipinski definition) is 4. The van der Waals surface area contributed by atoms with Crippen LogP contribution in [0.3, 0.4) is 0 Å². The molecule has 1 heterocycles. The zero-order chi connectivity index (χ0) is 20.9. The van der Waals surface area contributed by atoms with Crippen molar-refractivity contribution in [3.63, 3.8) is 0 Å². The Balaban J connectivity index is 1.75. The van der Waals surface area contributed by atoms with Crippen LogP contribution in [0.4, 0.5) is 10.5 Å². The number of anilines is 1. The van der Waals surface area contributed by atoms with Gasteiger partial charge in [-0.15, -0.1) is 0 Å². The third-order valence-corrected chi connectivity index (χ3v) is 4.63. The van der Waals surface area contributed by atoms with Gasteiger partial charge in [0.05, 0.1) is 0 Å². The quantitative estimate of drug-likeness (QED) is 0.852. The zero-order valence-electron chi connectivity index (χ0n) is 18.2. The summed E-state index contributed by atoms with van der Waals surface area (Å²) in [6, 6.07) is 8.04. The lowest BCUT2D eigenvalue weighted by molar-refractivity contribution is -0.123. The first-order chi connectivity index (χ1) is 12.9. The third-order valence-electron chi connectivity index (χ3n) is 4.63. The van der Waals surface area contributed by atoms with Crippen molar-refractivity contribution in [2.24, 2.45) is 5.41 Å². The van der Waals surface area contributed by atoms with Gasteiger partial charge in [-0.05, 0) is 44.9 Å². The van der Waals surface area contributed by atoms with Crippen molar-refractivity contribution >= 4 is 17.7 Å². The summed E-state index contributed by atoms with van der Waals surface area (Å²) in [6.07, 6.45) is 0.722. The maximum Gasteiger partial charge on any atom is 0.410 e. The van der Waals surface area contributed by atoms with Gasteiger partial charge in [0.15, 0.2) is 0 Å². The first kappa shape index (κ1) is 22.2. The molecule has 0 atom stereocenters. The van der Waals surface area contributed by atoms with Gasteiger partial charge in [0.2, 0.25) is 5.91 Å². The Bertz CT molecular complexity index is 664. The van der Waals surface area contributed by atoms with Crippen LogP contribution in [0, 0.1) is 5.41 Å². The van der Waals surface area contributed by atoms with Crippen LogP contribution in [0.1, 0.15) is 47.1 Å². The summed E-state index contributed by atoms with van der Waals surface area (Å²) < 4.78 is 5.44. The lowest BCUT2D eigenvalue weighted by Gasteiger charge is -2.35. The SMILES string of the molecule is CC(C)(C)OC(=O)N1CCN(CCc2ccc(NC(=O)C(C)(C)C)cc2)CC1. The standard InChI is InChI=1S/C22H35N3O3/c1-21(2,3)19(26)23-18-9-7-17(8-10-18)11-12-24-13-15-25(16-14-24)20(27)28-22(4,5)6/h7-10H,11-16H2,1-6H3,(H,23,26). The maximum atomic E-state index is 12.1. The largest absolute Gasteiger partial charge is 0.444 e. The first-order valence-corrected chi connectivity index (χ1v) is 10.0. The predicted octanol–water partition coefficient (Wildman–Crippen LogP) is 3.77. The van der Waals surface area contributed by atoms with Gasteiger partial charge >= 0.3 is 6.09 Å². The highest BCUT2D eigenvalue weighted by molar-refractivity contribution is 5.94. The van der Waals surface area contributed by atoms with Crippen molar-refractivity contribution in [2.45, 2.75) is 53.6 Å². The number of amides is 2. The average molecular weight is 390 g/mol. The van der Waals surface area contributed by atoms with Gasteiger partial charge in [0.25, 0.3) is 0 Å². The van der Waals surface area contributed by atoms with Gasteiger partial charge in [0, 0.05) is 43.8 Å². The van der Waals surface area contributed by atoms with Crippen LogP contribution >= 0.6 is 0 Å². The van der Waals surface area contributed by atoms with E-state index in [1.54, 1.807) is 4.90 Å². The molecule has 1 saturated heterocycles. The number of piperazine rings is 1. The smallest absolute Gasteiger partial charge is 0.410 e. The monoisotopic (exact) mass is 389 g/mol. The molecule has 0 bridgehead atoms. The summed E-state index contributed by atoms with van der Waals surface area (Å²) in [7, 11) is 0. The minimum atomic E-state index is -0.452. The summed E-state index contributed by atoms with van der Waals surface area (Å²) in [4.78, 5) is 28.3. The number of nitrogens with zero attached hydrogens (tertiary/aromatic N) is 2. The minimum absolute atomic E-state index is 0.0168. The van der Waals surface area contributed by atoms with Crippen LogP contribution in [-0.2, 0) is 16.0 Å². The zero-order valence-corrected chi connectivity index (χ0v) is 18.2. The molecule has 0 unspecified atom stereocenters. The molecule has 0 spiro atoms. The molecule has 0 radical (unpaired) electrons. The number of carbonyl (C=O) groups is 2. The molecule has 1 aromatic carbocycles. The Labute approximate surface area is 169 Å². The van der Waals surface area contributed by atoms with Crippen LogP contribution in [0.5, 0.6) is 0 Å². The van der Waals surface area contributed by atoms with Crippen LogP contribution in [0.15, 0.2) is 24.3 Å². The fraction of sp³-hybridized carbons (Fsp3) is 0.636. The molecular formula is C22H35N3O3. The number of ether oxygens (including phenoxy) is 1. The summed E-state index contributed by atoms with van der Waals surface area (Å²) >= 11 is 0. The van der Waals surface area contributed by atoms with Crippen molar-refractivity contribution in [1.29, 1.82) is 0 Å².